The number of carbonyl (C=O) groups is 1. The van der Waals surface area contributed by atoms with Crippen molar-refractivity contribution in [1.29, 1.82) is 0 Å². The predicted molar refractivity (Wildman–Crippen MR) is 142 cm³/mol. The van der Waals surface area contributed by atoms with Gasteiger partial charge in [-0.25, -0.2) is 14.8 Å². The summed E-state index contributed by atoms with van der Waals surface area (Å²) in [4.78, 5) is 19.2. The average Bonchev–Trinajstić information content (AvgIpc) is 3.64. The lowest BCUT2D eigenvalue weighted by Crippen LogP contribution is -2.67. The van der Waals surface area contributed by atoms with E-state index in [0.29, 0.717) is 11.9 Å². The number of imidazole rings is 1. The molecular formula is C26H35N9O3. The molecule has 4 aromatic rings. The molecule has 0 radical (unpaired) electrons. The van der Waals surface area contributed by atoms with Crippen LogP contribution in [0.4, 0.5) is 16.6 Å². The van der Waals surface area contributed by atoms with Crippen LogP contribution < -0.4 is 10.6 Å². The van der Waals surface area contributed by atoms with Gasteiger partial charge in [0, 0.05) is 61.6 Å². The highest BCUT2D eigenvalue weighted by atomic mass is 16.5. The van der Waals surface area contributed by atoms with E-state index in [4.69, 9.17) is 14.8 Å². The zero-order valence-electron chi connectivity index (χ0n) is 21.8. The molecule has 1 amide bonds. The maximum Gasteiger partial charge on any atom is 0.405 e. The Morgan fingerprint density at radius 3 is 2.61 bits per heavy atom. The van der Waals surface area contributed by atoms with E-state index in [1.165, 1.54) is 12.8 Å². The molecule has 0 atom stereocenters. The summed E-state index contributed by atoms with van der Waals surface area (Å²) in [5, 5.41) is 25.3. The molecule has 0 aromatic carbocycles. The molecular weight excluding hydrogens is 486 g/mol. The van der Waals surface area contributed by atoms with Gasteiger partial charge in [-0.3, -0.25) is 14.2 Å². The monoisotopic (exact) mass is 521 g/mol. The first-order chi connectivity index (χ1) is 18.4. The summed E-state index contributed by atoms with van der Waals surface area (Å²) in [5.41, 5.74) is 2.65. The molecule has 4 aliphatic rings. The van der Waals surface area contributed by atoms with Gasteiger partial charge in [-0.1, -0.05) is 13.8 Å². The van der Waals surface area contributed by atoms with Crippen molar-refractivity contribution in [2.75, 3.05) is 18.5 Å². The largest absolute Gasteiger partial charge is 0.465 e. The summed E-state index contributed by atoms with van der Waals surface area (Å²) in [6.07, 6.45) is 14.1. The minimum absolute atomic E-state index is 0.0382. The smallest absolute Gasteiger partial charge is 0.405 e. The van der Waals surface area contributed by atoms with E-state index in [2.05, 4.69) is 44.8 Å². The maximum absolute atomic E-state index is 10.1. The van der Waals surface area contributed by atoms with Crippen LogP contribution in [0.3, 0.4) is 0 Å². The number of ether oxygens (including phenoxy) is 1. The molecule has 1 saturated heterocycles. The van der Waals surface area contributed by atoms with Crippen molar-refractivity contribution in [3.63, 3.8) is 0 Å². The van der Waals surface area contributed by atoms with E-state index >= 15 is 0 Å². The summed E-state index contributed by atoms with van der Waals surface area (Å²) in [6.45, 7) is 7.22. The van der Waals surface area contributed by atoms with Gasteiger partial charge in [0.1, 0.15) is 11.5 Å². The van der Waals surface area contributed by atoms with E-state index in [1.807, 2.05) is 39.8 Å². The van der Waals surface area contributed by atoms with Crippen molar-refractivity contribution in [3.05, 3.63) is 43.1 Å². The van der Waals surface area contributed by atoms with Gasteiger partial charge in [0.15, 0.2) is 0 Å². The standard InChI is InChI=1S/C16H18N8.C6H9NO2.C4H8O/c1-11(2)9-23-10-12(8-19-23)13-7-15-17-5-6-24(15)16(20-13)21-14-3-4-18-22-14;8-5(9)7-6-1-4(2-6)3-6;1-2-4-5-3-1/h3-8,10-11H,9H2,1-2H3,(H2,18,20,21,22);4,7H,1-3H2,(H,8,9);1-4H2. The number of aromatic amines is 1. The van der Waals surface area contributed by atoms with Crippen molar-refractivity contribution in [2.24, 2.45) is 11.8 Å². The third kappa shape index (κ3) is 6.13. The number of hydrogen-bond donors (Lipinski definition) is 4. The fourth-order valence-electron chi connectivity index (χ4n) is 4.94. The first-order valence-electron chi connectivity index (χ1n) is 13.1. The number of anilines is 2. The van der Waals surface area contributed by atoms with E-state index < -0.39 is 6.09 Å². The minimum Gasteiger partial charge on any atom is -0.465 e. The molecule has 4 fully saturated rings. The van der Waals surface area contributed by atoms with Crippen LogP contribution in [0, 0.1) is 11.8 Å². The zero-order chi connectivity index (χ0) is 26.5. The van der Waals surface area contributed by atoms with E-state index in [-0.39, 0.29) is 5.54 Å². The topological polar surface area (TPSA) is 147 Å². The van der Waals surface area contributed by atoms with Crippen molar-refractivity contribution in [3.8, 4) is 11.3 Å². The molecule has 0 unspecified atom stereocenters. The second-order valence-electron chi connectivity index (χ2n) is 10.6. The van der Waals surface area contributed by atoms with Gasteiger partial charge < -0.3 is 20.5 Å². The van der Waals surface area contributed by atoms with Crippen LogP contribution in [-0.2, 0) is 11.3 Å². The second kappa shape index (κ2) is 11.2. The van der Waals surface area contributed by atoms with Crippen molar-refractivity contribution >= 4 is 23.5 Å². The second-order valence-corrected chi connectivity index (χ2v) is 10.6. The van der Waals surface area contributed by atoms with Crippen molar-refractivity contribution < 1.29 is 14.6 Å². The number of aromatic nitrogens is 7. The highest BCUT2D eigenvalue weighted by molar-refractivity contribution is 5.67. The van der Waals surface area contributed by atoms with Gasteiger partial charge in [-0.2, -0.15) is 10.2 Å². The van der Waals surface area contributed by atoms with E-state index in [9.17, 15) is 4.79 Å². The molecule has 12 nitrogen and oxygen atoms in total. The molecule has 8 rings (SSSR count). The van der Waals surface area contributed by atoms with Gasteiger partial charge in [0.05, 0.1) is 18.1 Å². The first kappa shape index (κ1) is 25.7. The highest BCUT2D eigenvalue weighted by Crippen LogP contribution is 2.56. The van der Waals surface area contributed by atoms with Gasteiger partial charge in [-0.05, 0) is 43.9 Å². The summed E-state index contributed by atoms with van der Waals surface area (Å²) < 4.78 is 8.78. The van der Waals surface area contributed by atoms with Gasteiger partial charge in [0.2, 0.25) is 5.95 Å². The van der Waals surface area contributed by atoms with Crippen LogP contribution in [0.25, 0.3) is 16.9 Å². The quantitative estimate of drug-likeness (QED) is 0.293. The Labute approximate surface area is 220 Å². The Hall–Kier alpha value is -3.93. The highest BCUT2D eigenvalue weighted by Gasteiger charge is 2.57. The van der Waals surface area contributed by atoms with Crippen molar-refractivity contribution in [1.82, 2.24) is 39.7 Å². The lowest BCUT2D eigenvalue weighted by atomic mass is 9.50. The first-order valence-corrected chi connectivity index (χ1v) is 13.1. The number of nitrogens with zero attached hydrogens (tertiary/aromatic N) is 6. The molecule has 1 aliphatic heterocycles. The molecule has 202 valence electrons. The molecule has 2 bridgehead atoms. The molecule has 3 aliphatic carbocycles. The molecule has 4 aromatic heterocycles. The number of rotatable bonds is 6. The number of H-pyrrole nitrogens is 1. The van der Waals surface area contributed by atoms with Gasteiger partial charge in [-0.15, -0.1) is 0 Å². The van der Waals surface area contributed by atoms with Gasteiger partial charge >= 0.3 is 6.09 Å². The molecule has 3 saturated carbocycles. The summed E-state index contributed by atoms with van der Waals surface area (Å²) in [7, 11) is 0. The zero-order valence-corrected chi connectivity index (χ0v) is 21.8. The van der Waals surface area contributed by atoms with Crippen LogP contribution >= 0.6 is 0 Å². The van der Waals surface area contributed by atoms with Crippen LogP contribution in [0.2, 0.25) is 0 Å². The molecule has 12 heteroatoms. The number of carboxylic acid groups (broad SMARTS) is 1. The average molecular weight is 522 g/mol. The normalized spacial score (nSPS) is 21.0. The molecule has 4 N–H and O–H groups in total. The third-order valence-corrected chi connectivity index (χ3v) is 6.86. The Kier molecular flexibility index (Phi) is 7.59. The van der Waals surface area contributed by atoms with E-state index in [1.54, 1.807) is 12.4 Å². The molecule has 5 heterocycles. The molecule has 38 heavy (non-hydrogen) atoms. The minimum atomic E-state index is -0.867. The summed E-state index contributed by atoms with van der Waals surface area (Å²) in [5.74, 6) is 2.82. The fraction of sp³-hybridized carbons (Fsp3) is 0.500. The Morgan fingerprint density at radius 1 is 1.26 bits per heavy atom. The molecule has 0 spiro atoms. The number of fused-ring (bicyclic) bond motifs is 1. The van der Waals surface area contributed by atoms with Crippen molar-refractivity contribution in [2.45, 2.75) is 58.0 Å². The predicted octanol–water partition coefficient (Wildman–Crippen LogP) is 4.32. The van der Waals surface area contributed by atoms with E-state index in [0.717, 1.165) is 67.7 Å². The summed E-state index contributed by atoms with van der Waals surface area (Å²) >= 11 is 0. The number of amides is 1. The van der Waals surface area contributed by atoms with Crippen LogP contribution in [0.15, 0.2) is 43.1 Å². The number of nitrogens with one attached hydrogen (secondary N) is 3. The van der Waals surface area contributed by atoms with Crippen LogP contribution in [-0.4, -0.2) is 64.3 Å². The Bertz CT molecular complexity index is 1320. The summed E-state index contributed by atoms with van der Waals surface area (Å²) in [6, 6.07) is 3.80. The fourth-order valence-corrected chi connectivity index (χ4v) is 4.94. The third-order valence-electron chi connectivity index (χ3n) is 6.86. The Morgan fingerprint density at radius 2 is 2.05 bits per heavy atom. The van der Waals surface area contributed by atoms with Crippen LogP contribution in [0.1, 0.15) is 46.0 Å². The van der Waals surface area contributed by atoms with Crippen LogP contribution in [0.5, 0.6) is 0 Å². The van der Waals surface area contributed by atoms with Gasteiger partial charge in [0.25, 0.3) is 0 Å². The maximum atomic E-state index is 10.1. The Balaban J connectivity index is 0.000000170. The number of hydrogen-bond acceptors (Lipinski definition) is 7. The SMILES string of the molecule is C1CCOC1.CC(C)Cn1cc(-c2cc3nccn3c(Nc3ccn[nH]3)n2)cn1.O=C(O)NC12CC(C1)C2. The lowest BCUT2D eigenvalue weighted by Gasteiger charge is -2.61. The lowest BCUT2D eigenvalue weighted by molar-refractivity contribution is -0.0448.